The number of likely N-dealkylation sites (tertiary alicyclic amines) is 1. The van der Waals surface area contributed by atoms with E-state index in [1.807, 2.05) is 26.8 Å². The molecule has 0 spiro atoms. The molecule has 1 amide bonds. The van der Waals surface area contributed by atoms with Crippen LogP contribution >= 0.6 is 22.9 Å². The zero-order valence-corrected chi connectivity index (χ0v) is 19.5. The second kappa shape index (κ2) is 8.96. The third kappa shape index (κ3) is 5.43. The van der Waals surface area contributed by atoms with Gasteiger partial charge in [0, 0.05) is 29.3 Å². The number of carbonyl (C=O) groups excluding carboxylic acids is 1. The van der Waals surface area contributed by atoms with E-state index in [-0.39, 0.29) is 12.0 Å². The Morgan fingerprint density at radius 2 is 2.10 bits per heavy atom. The first-order valence-corrected chi connectivity index (χ1v) is 11.6. The second-order valence-corrected chi connectivity index (χ2v) is 10.0. The summed E-state index contributed by atoms with van der Waals surface area (Å²) in [5.74, 6) is 1.70. The summed E-state index contributed by atoms with van der Waals surface area (Å²) in [4.78, 5) is 29.2. The maximum Gasteiger partial charge on any atom is 0.410 e. The Labute approximate surface area is 190 Å². The van der Waals surface area contributed by atoms with Crippen molar-refractivity contribution in [1.82, 2.24) is 19.9 Å². The quantitative estimate of drug-likeness (QED) is 0.521. The van der Waals surface area contributed by atoms with Gasteiger partial charge in [-0.3, -0.25) is 0 Å². The molecule has 4 heterocycles. The lowest BCUT2D eigenvalue weighted by molar-refractivity contribution is 0.0203. The molecule has 3 aromatic heterocycles. The molecule has 0 atom stereocenters. The van der Waals surface area contributed by atoms with E-state index < -0.39 is 5.60 Å². The number of rotatable bonds is 4. The minimum Gasteiger partial charge on any atom is -0.444 e. The van der Waals surface area contributed by atoms with E-state index in [1.54, 1.807) is 28.5 Å². The summed E-state index contributed by atoms with van der Waals surface area (Å²) in [6.07, 6.45) is 3.00. The van der Waals surface area contributed by atoms with E-state index in [9.17, 15) is 4.79 Å². The van der Waals surface area contributed by atoms with Crippen LogP contribution in [0.2, 0.25) is 5.15 Å². The smallest absolute Gasteiger partial charge is 0.410 e. The molecule has 1 aliphatic heterocycles. The van der Waals surface area contributed by atoms with Crippen LogP contribution in [0.4, 0.5) is 10.6 Å². The van der Waals surface area contributed by atoms with Gasteiger partial charge in [-0.05, 0) is 51.1 Å². The fraction of sp³-hybridized carbons (Fsp3) is 0.455. The monoisotopic (exact) mass is 459 g/mol. The van der Waals surface area contributed by atoms with Crippen molar-refractivity contribution in [2.24, 2.45) is 0 Å². The van der Waals surface area contributed by atoms with Crippen LogP contribution in [0, 0.1) is 0 Å². The van der Waals surface area contributed by atoms with Gasteiger partial charge < -0.3 is 15.0 Å². The van der Waals surface area contributed by atoms with E-state index >= 15 is 0 Å². The number of carbonyl (C=O) groups is 1. The number of anilines is 1. The minimum atomic E-state index is -0.493. The van der Waals surface area contributed by atoms with Gasteiger partial charge in [0.1, 0.15) is 22.4 Å². The number of ether oxygens (including phenoxy) is 1. The van der Waals surface area contributed by atoms with Gasteiger partial charge in [-0.1, -0.05) is 17.7 Å². The molecule has 9 heteroatoms. The molecule has 1 saturated heterocycles. The highest BCUT2D eigenvalue weighted by molar-refractivity contribution is 7.09. The Balaban J connectivity index is 1.52. The van der Waals surface area contributed by atoms with E-state index in [2.05, 4.69) is 21.7 Å². The number of thiophene rings is 1. The van der Waals surface area contributed by atoms with Crippen molar-refractivity contribution in [3.63, 3.8) is 0 Å². The standard InChI is InChI=1S/C22H26ClN5O2S/c1-22(2,3)30-21(29)28-8-6-14(7-9-28)19-26-17-13-24-18(23)11-16(17)20(27-19)25-12-15-5-4-10-31-15/h4-5,10-11,13-14H,6-9,12H2,1-3H3,(H,25,26,27). The lowest BCUT2D eigenvalue weighted by Crippen LogP contribution is -2.41. The maximum absolute atomic E-state index is 12.4. The molecular formula is C22H26ClN5O2S. The first kappa shape index (κ1) is 21.8. The van der Waals surface area contributed by atoms with Crippen molar-refractivity contribution in [1.29, 1.82) is 0 Å². The molecule has 4 rings (SSSR count). The highest BCUT2D eigenvalue weighted by atomic mass is 35.5. The van der Waals surface area contributed by atoms with Crippen LogP contribution in [0.1, 0.15) is 50.2 Å². The van der Waals surface area contributed by atoms with Crippen molar-refractivity contribution in [2.45, 2.75) is 51.7 Å². The molecule has 1 aliphatic rings. The molecule has 31 heavy (non-hydrogen) atoms. The molecule has 7 nitrogen and oxygen atoms in total. The molecule has 0 bridgehead atoms. The second-order valence-electron chi connectivity index (χ2n) is 8.63. The summed E-state index contributed by atoms with van der Waals surface area (Å²) in [6, 6.07) is 5.91. The molecule has 0 radical (unpaired) electrons. The van der Waals surface area contributed by atoms with Crippen LogP contribution in [0.3, 0.4) is 0 Å². The first-order valence-electron chi connectivity index (χ1n) is 10.4. The zero-order chi connectivity index (χ0) is 22.0. The molecule has 1 fully saturated rings. The van der Waals surface area contributed by atoms with Gasteiger partial charge >= 0.3 is 6.09 Å². The number of nitrogens with zero attached hydrogens (tertiary/aromatic N) is 4. The van der Waals surface area contributed by atoms with Gasteiger partial charge in [0.2, 0.25) is 0 Å². The highest BCUT2D eigenvalue weighted by Gasteiger charge is 2.29. The summed E-state index contributed by atoms with van der Waals surface area (Å²) >= 11 is 7.82. The minimum absolute atomic E-state index is 0.168. The number of amides is 1. The fourth-order valence-corrected chi connectivity index (χ4v) is 4.38. The molecule has 3 aromatic rings. The Bertz CT molecular complexity index is 1060. The van der Waals surface area contributed by atoms with E-state index in [1.165, 1.54) is 4.88 Å². The summed E-state index contributed by atoms with van der Waals surface area (Å²) in [7, 11) is 0. The molecule has 1 N–H and O–H groups in total. The number of hydrogen-bond acceptors (Lipinski definition) is 7. The Morgan fingerprint density at radius 1 is 1.32 bits per heavy atom. The van der Waals surface area contributed by atoms with Gasteiger partial charge in [-0.2, -0.15) is 0 Å². The van der Waals surface area contributed by atoms with E-state index in [0.29, 0.717) is 24.8 Å². The average Bonchev–Trinajstić information content (AvgIpc) is 3.24. The average molecular weight is 460 g/mol. The predicted molar refractivity (Wildman–Crippen MR) is 124 cm³/mol. The summed E-state index contributed by atoms with van der Waals surface area (Å²) in [5.41, 5.74) is 0.268. The number of halogens is 1. The van der Waals surface area contributed by atoms with Crippen molar-refractivity contribution >= 4 is 45.8 Å². The molecule has 0 aromatic carbocycles. The van der Waals surface area contributed by atoms with Gasteiger partial charge in [-0.15, -0.1) is 11.3 Å². The number of nitrogens with one attached hydrogen (secondary N) is 1. The summed E-state index contributed by atoms with van der Waals surface area (Å²) in [5, 5.41) is 6.76. The Kier molecular flexibility index (Phi) is 6.29. The zero-order valence-electron chi connectivity index (χ0n) is 17.9. The Morgan fingerprint density at radius 3 is 2.77 bits per heavy atom. The molecular weight excluding hydrogens is 434 g/mol. The number of piperidine rings is 1. The topological polar surface area (TPSA) is 80.2 Å². The lowest BCUT2D eigenvalue weighted by Gasteiger charge is -2.33. The van der Waals surface area contributed by atoms with Crippen molar-refractivity contribution in [2.75, 3.05) is 18.4 Å². The van der Waals surface area contributed by atoms with Crippen molar-refractivity contribution < 1.29 is 9.53 Å². The van der Waals surface area contributed by atoms with Gasteiger partial charge in [-0.25, -0.2) is 19.7 Å². The van der Waals surface area contributed by atoms with Crippen LogP contribution in [0.25, 0.3) is 10.9 Å². The highest BCUT2D eigenvalue weighted by Crippen LogP contribution is 2.31. The largest absolute Gasteiger partial charge is 0.444 e. The third-order valence-electron chi connectivity index (χ3n) is 5.09. The van der Waals surface area contributed by atoms with E-state index in [0.717, 1.165) is 35.4 Å². The van der Waals surface area contributed by atoms with Crippen molar-refractivity contribution in [3.05, 3.63) is 45.6 Å². The van der Waals surface area contributed by atoms with Crippen LogP contribution in [-0.2, 0) is 11.3 Å². The molecule has 0 saturated carbocycles. The molecule has 0 unspecified atom stereocenters. The van der Waals surface area contributed by atoms with Crippen LogP contribution in [0.5, 0.6) is 0 Å². The first-order chi connectivity index (χ1) is 14.8. The van der Waals surface area contributed by atoms with E-state index in [4.69, 9.17) is 26.3 Å². The predicted octanol–water partition coefficient (Wildman–Crippen LogP) is 5.47. The molecule has 0 aliphatic carbocycles. The number of aromatic nitrogens is 3. The van der Waals surface area contributed by atoms with Crippen LogP contribution < -0.4 is 5.32 Å². The third-order valence-corrected chi connectivity index (χ3v) is 6.17. The van der Waals surface area contributed by atoms with Crippen LogP contribution in [-0.4, -0.2) is 44.6 Å². The molecule has 164 valence electrons. The SMILES string of the molecule is CC(C)(C)OC(=O)N1CCC(c2nc(NCc3cccs3)c3cc(Cl)ncc3n2)CC1. The Hall–Kier alpha value is -2.45. The summed E-state index contributed by atoms with van der Waals surface area (Å²) < 4.78 is 5.50. The summed E-state index contributed by atoms with van der Waals surface area (Å²) in [6.45, 7) is 7.57. The number of fused-ring (bicyclic) bond motifs is 1. The van der Waals surface area contributed by atoms with Crippen LogP contribution in [0.15, 0.2) is 29.8 Å². The van der Waals surface area contributed by atoms with Crippen molar-refractivity contribution in [3.8, 4) is 0 Å². The maximum atomic E-state index is 12.4. The number of hydrogen-bond donors (Lipinski definition) is 1. The lowest BCUT2D eigenvalue weighted by atomic mass is 9.96. The normalized spacial score (nSPS) is 15.3. The fourth-order valence-electron chi connectivity index (χ4n) is 3.57. The number of pyridine rings is 1. The van der Waals surface area contributed by atoms with Gasteiger partial charge in [0.15, 0.2) is 0 Å². The van der Waals surface area contributed by atoms with Gasteiger partial charge in [0.25, 0.3) is 0 Å². The van der Waals surface area contributed by atoms with Gasteiger partial charge in [0.05, 0.1) is 18.3 Å².